The molecule has 33 heavy (non-hydrogen) atoms. The van der Waals surface area contributed by atoms with Crippen LogP contribution < -0.4 is 4.72 Å². The van der Waals surface area contributed by atoms with E-state index in [4.69, 9.17) is 4.42 Å². The molecule has 2 aromatic carbocycles. The average molecular weight is 469 g/mol. The molecule has 0 bridgehead atoms. The lowest BCUT2D eigenvalue weighted by molar-refractivity contribution is 0.0693. The zero-order valence-corrected chi connectivity index (χ0v) is 21.1. The predicted octanol–water partition coefficient (Wildman–Crippen LogP) is 5.71. The van der Waals surface area contributed by atoms with E-state index in [1.54, 1.807) is 11.8 Å². The van der Waals surface area contributed by atoms with Crippen molar-refractivity contribution < 1.29 is 17.6 Å². The van der Waals surface area contributed by atoms with Crippen molar-refractivity contribution >= 4 is 32.6 Å². The minimum atomic E-state index is -3.97. The summed E-state index contributed by atoms with van der Waals surface area (Å²) in [4.78, 5) is 15.1. The summed E-state index contributed by atoms with van der Waals surface area (Å²) in [5.41, 5.74) is 5.73. The predicted molar refractivity (Wildman–Crippen MR) is 132 cm³/mol. The number of hydrogen-bond donors (Lipinski definition) is 1. The lowest BCUT2D eigenvalue weighted by Gasteiger charge is -2.25. The molecule has 176 valence electrons. The Bertz CT molecular complexity index is 1340. The Kier molecular flexibility index (Phi) is 6.03. The molecule has 7 heteroatoms. The SMILES string of the molecule is Cc1cc(C)c(NS(=O)(=O)c2c(C)c(C)cc3c(C)c(C(=O)N4CCCCC4)oc23)c(C)c1. The summed E-state index contributed by atoms with van der Waals surface area (Å²) in [7, 11) is -3.97. The van der Waals surface area contributed by atoms with Crippen molar-refractivity contribution in [2.45, 2.75) is 65.7 Å². The summed E-state index contributed by atoms with van der Waals surface area (Å²) < 4.78 is 36.3. The van der Waals surface area contributed by atoms with E-state index in [9.17, 15) is 13.2 Å². The number of piperidine rings is 1. The molecular weight excluding hydrogens is 436 g/mol. The standard InChI is InChI=1S/C26H32N2O4S/c1-15-12-17(3)22(18(4)13-15)27-33(30,31)25-19(5)16(2)14-21-20(6)23(32-24(21)25)26(29)28-10-8-7-9-11-28/h12-14,27H,7-11H2,1-6H3. The van der Waals surface area contributed by atoms with E-state index >= 15 is 0 Å². The normalized spacial score (nSPS) is 14.7. The van der Waals surface area contributed by atoms with Crippen LogP contribution in [0.3, 0.4) is 0 Å². The van der Waals surface area contributed by atoms with E-state index in [-0.39, 0.29) is 22.1 Å². The summed E-state index contributed by atoms with van der Waals surface area (Å²) in [6.07, 6.45) is 3.07. The van der Waals surface area contributed by atoms with E-state index in [0.717, 1.165) is 41.5 Å². The molecule has 0 spiro atoms. The van der Waals surface area contributed by atoms with Crippen LogP contribution in [-0.4, -0.2) is 32.3 Å². The molecule has 0 saturated carbocycles. The van der Waals surface area contributed by atoms with E-state index in [1.807, 2.05) is 52.8 Å². The summed E-state index contributed by atoms with van der Waals surface area (Å²) in [6, 6.07) is 5.82. The van der Waals surface area contributed by atoms with Crippen molar-refractivity contribution in [2.75, 3.05) is 17.8 Å². The Balaban J connectivity index is 1.87. The molecule has 1 saturated heterocycles. The highest BCUT2D eigenvalue weighted by atomic mass is 32.2. The van der Waals surface area contributed by atoms with Gasteiger partial charge in [-0.1, -0.05) is 17.7 Å². The molecule has 4 rings (SSSR count). The van der Waals surface area contributed by atoms with Gasteiger partial charge in [-0.2, -0.15) is 0 Å². The molecule has 6 nitrogen and oxygen atoms in total. The van der Waals surface area contributed by atoms with E-state index in [0.29, 0.717) is 35.3 Å². The molecule has 1 aliphatic rings. The minimum absolute atomic E-state index is 0.0951. The van der Waals surface area contributed by atoms with Gasteiger partial charge in [0.05, 0.1) is 5.69 Å². The third-order valence-electron chi connectivity index (χ3n) is 6.71. The lowest BCUT2D eigenvalue weighted by Crippen LogP contribution is -2.35. The number of amides is 1. The van der Waals surface area contributed by atoms with Gasteiger partial charge in [0, 0.05) is 24.0 Å². The van der Waals surface area contributed by atoms with Crippen molar-refractivity contribution in [2.24, 2.45) is 0 Å². The quantitative estimate of drug-likeness (QED) is 0.532. The van der Waals surface area contributed by atoms with E-state index < -0.39 is 10.0 Å². The van der Waals surface area contributed by atoms with Gasteiger partial charge in [-0.15, -0.1) is 0 Å². The first-order chi connectivity index (χ1) is 15.5. The number of sulfonamides is 1. The summed E-state index contributed by atoms with van der Waals surface area (Å²) in [6.45, 7) is 12.7. The van der Waals surface area contributed by atoms with Crippen molar-refractivity contribution in [3.8, 4) is 0 Å². The molecule has 1 aromatic heterocycles. The minimum Gasteiger partial charge on any atom is -0.449 e. The maximum atomic E-state index is 13.7. The zero-order valence-electron chi connectivity index (χ0n) is 20.3. The van der Waals surface area contributed by atoms with Crippen molar-refractivity contribution in [1.82, 2.24) is 4.90 Å². The Morgan fingerprint density at radius 2 is 1.48 bits per heavy atom. The van der Waals surface area contributed by atoms with Gasteiger partial charge in [-0.3, -0.25) is 9.52 Å². The summed E-state index contributed by atoms with van der Waals surface area (Å²) in [5.74, 6) is 0.0660. The number of furan rings is 1. The lowest BCUT2D eigenvalue weighted by atomic mass is 10.0. The fourth-order valence-corrected chi connectivity index (χ4v) is 6.49. The molecule has 1 N–H and O–H groups in total. The maximum Gasteiger partial charge on any atom is 0.289 e. The van der Waals surface area contributed by atoms with Crippen LogP contribution in [0.4, 0.5) is 5.69 Å². The third-order valence-corrected chi connectivity index (χ3v) is 8.21. The number of anilines is 1. The Labute approximate surface area is 196 Å². The number of nitrogens with zero attached hydrogens (tertiary/aromatic N) is 1. The van der Waals surface area contributed by atoms with Crippen LogP contribution in [-0.2, 0) is 10.0 Å². The van der Waals surface area contributed by atoms with Crippen LogP contribution in [0.15, 0.2) is 27.5 Å². The number of rotatable bonds is 4. The van der Waals surface area contributed by atoms with Crippen LogP contribution >= 0.6 is 0 Å². The van der Waals surface area contributed by atoms with Gasteiger partial charge >= 0.3 is 0 Å². The van der Waals surface area contributed by atoms with Gasteiger partial charge in [-0.25, -0.2) is 8.42 Å². The molecule has 0 unspecified atom stereocenters. The van der Waals surface area contributed by atoms with Gasteiger partial charge in [0.1, 0.15) is 4.90 Å². The van der Waals surface area contributed by atoms with Crippen LogP contribution in [0.5, 0.6) is 0 Å². The highest BCUT2D eigenvalue weighted by Crippen LogP contribution is 2.37. The average Bonchev–Trinajstić information content (AvgIpc) is 3.07. The number of carbonyl (C=O) groups excluding carboxylic acids is 1. The Morgan fingerprint density at radius 1 is 0.879 bits per heavy atom. The van der Waals surface area contributed by atoms with Crippen molar-refractivity contribution in [3.05, 3.63) is 57.3 Å². The summed E-state index contributed by atoms with van der Waals surface area (Å²) >= 11 is 0. The van der Waals surface area contributed by atoms with Gasteiger partial charge < -0.3 is 9.32 Å². The van der Waals surface area contributed by atoms with Crippen LogP contribution in [0.25, 0.3) is 11.0 Å². The Hall–Kier alpha value is -2.80. The molecular formula is C26H32N2O4S. The molecule has 0 atom stereocenters. The number of likely N-dealkylation sites (tertiary alicyclic amines) is 1. The highest BCUT2D eigenvalue weighted by Gasteiger charge is 2.30. The first-order valence-corrected chi connectivity index (χ1v) is 12.9. The first kappa shape index (κ1) is 23.4. The molecule has 3 aromatic rings. The van der Waals surface area contributed by atoms with Crippen LogP contribution in [0.1, 0.15) is 63.2 Å². The van der Waals surface area contributed by atoms with Gasteiger partial charge in [0.2, 0.25) is 0 Å². The van der Waals surface area contributed by atoms with Gasteiger partial charge in [-0.05, 0) is 89.1 Å². The highest BCUT2D eigenvalue weighted by molar-refractivity contribution is 7.93. The second kappa shape index (κ2) is 8.52. The third kappa shape index (κ3) is 4.14. The fourth-order valence-electron chi connectivity index (χ4n) is 4.84. The molecule has 2 heterocycles. The van der Waals surface area contributed by atoms with Gasteiger partial charge in [0.15, 0.2) is 11.3 Å². The van der Waals surface area contributed by atoms with E-state index in [2.05, 4.69) is 4.72 Å². The maximum absolute atomic E-state index is 13.7. The van der Waals surface area contributed by atoms with Crippen LogP contribution in [0, 0.1) is 41.5 Å². The fraction of sp³-hybridized carbons (Fsp3) is 0.423. The first-order valence-electron chi connectivity index (χ1n) is 11.4. The number of benzene rings is 2. The van der Waals surface area contributed by atoms with Crippen molar-refractivity contribution in [3.63, 3.8) is 0 Å². The topological polar surface area (TPSA) is 79.6 Å². The number of aryl methyl sites for hydroxylation is 5. The largest absolute Gasteiger partial charge is 0.449 e. The number of carbonyl (C=O) groups is 1. The second-order valence-corrected chi connectivity index (χ2v) is 10.9. The second-order valence-electron chi connectivity index (χ2n) is 9.31. The number of hydrogen-bond acceptors (Lipinski definition) is 4. The zero-order chi connectivity index (χ0) is 24.1. The summed E-state index contributed by atoms with van der Waals surface area (Å²) in [5, 5.41) is 0.663. The molecule has 1 aliphatic heterocycles. The van der Waals surface area contributed by atoms with Crippen molar-refractivity contribution in [1.29, 1.82) is 0 Å². The van der Waals surface area contributed by atoms with E-state index in [1.165, 1.54) is 0 Å². The number of nitrogens with one attached hydrogen (secondary N) is 1. The molecule has 1 fully saturated rings. The van der Waals surface area contributed by atoms with Crippen LogP contribution in [0.2, 0.25) is 0 Å². The number of fused-ring (bicyclic) bond motifs is 1. The molecule has 1 amide bonds. The molecule has 0 radical (unpaired) electrons. The monoisotopic (exact) mass is 468 g/mol. The smallest absolute Gasteiger partial charge is 0.289 e. The molecule has 0 aliphatic carbocycles. The Morgan fingerprint density at radius 3 is 2.09 bits per heavy atom. The van der Waals surface area contributed by atoms with Gasteiger partial charge in [0.25, 0.3) is 15.9 Å².